The van der Waals surface area contributed by atoms with Crippen molar-refractivity contribution in [3.05, 3.63) is 24.0 Å². The third-order valence-corrected chi connectivity index (χ3v) is 4.46. The van der Waals surface area contributed by atoms with Gasteiger partial charge in [-0.3, -0.25) is 0 Å². The van der Waals surface area contributed by atoms with Gasteiger partial charge in [0.1, 0.15) is 11.6 Å². The average Bonchev–Trinajstić information content (AvgIpc) is 2.41. The van der Waals surface area contributed by atoms with Crippen LogP contribution in [0.1, 0.15) is 25.7 Å². The molecule has 2 unspecified atom stereocenters. The van der Waals surface area contributed by atoms with Crippen LogP contribution in [0.25, 0.3) is 0 Å². The van der Waals surface area contributed by atoms with Crippen LogP contribution >= 0.6 is 0 Å². The van der Waals surface area contributed by atoms with Crippen molar-refractivity contribution < 1.29 is 13.2 Å². The van der Waals surface area contributed by atoms with E-state index in [2.05, 4.69) is 9.12 Å². The molecule has 1 aliphatic carbocycles. The molecule has 0 saturated heterocycles. The second kappa shape index (κ2) is 7.06. The lowest BCUT2D eigenvalue weighted by atomic mass is 9.92. The third kappa shape index (κ3) is 4.29. The Morgan fingerprint density at radius 2 is 2.05 bits per heavy atom. The number of allylic oxidation sites excluding steroid dienone is 2. The van der Waals surface area contributed by atoms with Gasteiger partial charge in [-0.05, 0) is 25.5 Å². The number of unbranched alkanes of at least 4 members (excludes halogenated alkanes) is 3. The van der Waals surface area contributed by atoms with Gasteiger partial charge in [-0.25, -0.2) is 0 Å². The number of hydrogen-bond donors (Lipinski definition) is 3. The Bertz CT molecular complexity index is 554. The molecule has 2 atom stereocenters. The molecule has 21 heavy (non-hydrogen) atoms. The highest BCUT2D eigenvalue weighted by Crippen LogP contribution is 2.26. The standard InChI is InChI=1S/C13H22N4O3S/c14-8-3-1-2-4-9-20-11-7-5-6-10-12(11)13(15)17-21(18,19)16-10/h5-7,10,12,16H,1-4,8-9,14H2,(H2,15,17). The van der Waals surface area contributed by atoms with Crippen LogP contribution in [-0.4, -0.2) is 33.4 Å². The summed E-state index contributed by atoms with van der Waals surface area (Å²) in [6, 6.07) is -0.426. The molecule has 7 nitrogen and oxygen atoms in total. The van der Waals surface area contributed by atoms with Gasteiger partial charge in [0.2, 0.25) is 0 Å². The number of nitrogens with one attached hydrogen (secondary N) is 1. The van der Waals surface area contributed by atoms with Crippen molar-refractivity contribution in [1.29, 1.82) is 0 Å². The molecule has 118 valence electrons. The maximum Gasteiger partial charge on any atom is 0.322 e. The number of nitrogens with zero attached hydrogens (tertiary/aromatic N) is 1. The summed E-state index contributed by atoms with van der Waals surface area (Å²) >= 11 is 0. The van der Waals surface area contributed by atoms with Crippen LogP contribution in [0, 0.1) is 5.92 Å². The molecule has 0 aromatic heterocycles. The Labute approximate surface area is 125 Å². The lowest BCUT2D eigenvalue weighted by molar-refractivity contribution is 0.179. The Morgan fingerprint density at radius 1 is 1.29 bits per heavy atom. The largest absolute Gasteiger partial charge is 0.497 e. The minimum absolute atomic E-state index is 0.0671. The van der Waals surface area contributed by atoms with Gasteiger partial charge in [0.25, 0.3) is 0 Å². The SMILES string of the molecule is NCCCCCCOC1=CC=CC2NS(=O)(=O)N=C(N)C12. The highest BCUT2D eigenvalue weighted by atomic mass is 32.2. The predicted molar refractivity (Wildman–Crippen MR) is 81.7 cm³/mol. The highest BCUT2D eigenvalue weighted by Gasteiger charge is 2.37. The van der Waals surface area contributed by atoms with Crippen molar-refractivity contribution in [1.82, 2.24) is 4.72 Å². The van der Waals surface area contributed by atoms with Gasteiger partial charge in [0, 0.05) is 0 Å². The van der Waals surface area contributed by atoms with Crippen LogP contribution in [0.5, 0.6) is 0 Å². The topological polar surface area (TPSA) is 120 Å². The fourth-order valence-electron chi connectivity index (χ4n) is 2.42. The van der Waals surface area contributed by atoms with Gasteiger partial charge >= 0.3 is 10.2 Å². The van der Waals surface area contributed by atoms with Crippen LogP contribution in [0.2, 0.25) is 0 Å². The Balaban J connectivity index is 1.92. The molecule has 1 heterocycles. The summed E-state index contributed by atoms with van der Waals surface area (Å²) in [6.07, 6.45) is 9.44. The summed E-state index contributed by atoms with van der Waals surface area (Å²) in [4.78, 5) is 0. The first-order valence-corrected chi connectivity index (χ1v) is 8.56. The van der Waals surface area contributed by atoms with Crippen LogP contribution < -0.4 is 16.2 Å². The number of fused-ring (bicyclic) bond motifs is 1. The Kier molecular flexibility index (Phi) is 5.38. The van der Waals surface area contributed by atoms with Crippen molar-refractivity contribution in [3.63, 3.8) is 0 Å². The van der Waals surface area contributed by atoms with Gasteiger partial charge in [0.05, 0.1) is 18.6 Å². The van der Waals surface area contributed by atoms with E-state index in [4.69, 9.17) is 16.2 Å². The molecule has 0 bridgehead atoms. The predicted octanol–water partition coefficient (Wildman–Crippen LogP) is 0.166. The molecule has 0 amide bonds. The summed E-state index contributed by atoms with van der Waals surface area (Å²) in [7, 11) is -3.69. The molecule has 0 aromatic rings. The minimum Gasteiger partial charge on any atom is -0.497 e. The molecule has 5 N–H and O–H groups in total. The molecule has 1 aliphatic heterocycles. The van der Waals surface area contributed by atoms with Gasteiger partial charge in [-0.15, -0.1) is 4.40 Å². The molecule has 8 heteroatoms. The molecular formula is C13H22N4O3S. The van der Waals surface area contributed by atoms with Crippen molar-refractivity contribution in [3.8, 4) is 0 Å². The highest BCUT2D eigenvalue weighted by molar-refractivity contribution is 7.88. The van der Waals surface area contributed by atoms with Crippen LogP contribution in [0.3, 0.4) is 0 Å². The molecular weight excluding hydrogens is 292 g/mol. The normalized spacial score (nSPS) is 26.7. The van der Waals surface area contributed by atoms with E-state index in [0.29, 0.717) is 18.9 Å². The summed E-state index contributed by atoms with van der Waals surface area (Å²) in [5.41, 5.74) is 11.2. The number of nitrogens with two attached hydrogens (primary N) is 2. The Hall–Kier alpha value is -1.38. The van der Waals surface area contributed by atoms with E-state index in [-0.39, 0.29) is 11.8 Å². The first-order chi connectivity index (χ1) is 10.0. The van der Waals surface area contributed by atoms with E-state index in [1.54, 1.807) is 12.2 Å². The minimum atomic E-state index is -3.69. The van der Waals surface area contributed by atoms with E-state index in [0.717, 1.165) is 25.7 Å². The zero-order valence-corrected chi connectivity index (χ0v) is 12.7. The van der Waals surface area contributed by atoms with Gasteiger partial charge in [-0.1, -0.05) is 25.0 Å². The maximum atomic E-state index is 11.5. The molecule has 0 spiro atoms. The maximum absolute atomic E-state index is 11.5. The fourth-order valence-corrected chi connectivity index (χ4v) is 3.42. The van der Waals surface area contributed by atoms with Gasteiger partial charge in [-0.2, -0.15) is 13.1 Å². The number of ether oxygens (including phenoxy) is 1. The van der Waals surface area contributed by atoms with Crippen molar-refractivity contribution in [2.24, 2.45) is 21.8 Å². The van der Waals surface area contributed by atoms with E-state index in [1.807, 2.05) is 6.08 Å². The van der Waals surface area contributed by atoms with Crippen molar-refractivity contribution >= 4 is 16.0 Å². The summed E-state index contributed by atoms with van der Waals surface area (Å²) in [5.74, 6) is 0.366. The number of rotatable bonds is 7. The van der Waals surface area contributed by atoms with Crippen molar-refractivity contribution in [2.45, 2.75) is 31.7 Å². The fraction of sp³-hybridized carbons (Fsp3) is 0.615. The Morgan fingerprint density at radius 3 is 2.81 bits per heavy atom. The molecule has 0 aromatic carbocycles. The smallest absolute Gasteiger partial charge is 0.322 e. The lowest BCUT2D eigenvalue weighted by Gasteiger charge is -2.31. The summed E-state index contributed by atoms with van der Waals surface area (Å²) in [6.45, 7) is 1.29. The van der Waals surface area contributed by atoms with Gasteiger partial charge in [0.15, 0.2) is 0 Å². The van der Waals surface area contributed by atoms with Gasteiger partial charge < -0.3 is 16.2 Å². The number of amidine groups is 1. The molecule has 0 fully saturated rings. The lowest BCUT2D eigenvalue weighted by Crippen LogP contribution is -2.50. The third-order valence-electron chi connectivity index (χ3n) is 3.44. The second-order valence-electron chi connectivity index (χ2n) is 5.12. The molecule has 0 radical (unpaired) electrons. The average molecular weight is 314 g/mol. The quantitative estimate of drug-likeness (QED) is 0.578. The van der Waals surface area contributed by atoms with E-state index < -0.39 is 16.3 Å². The van der Waals surface area contributed by atoms with Crippen molar-refractivity contribution in [2.75, 3.05) is 13.2 Å². The van der Waals surface area contributed by atoms with Crippen LogP contribution in [-0.2, 0) is 14.9 Å². The van der Waals surface area contributed by atoms with Crippen LogP contribution in [0.4, 0.5) is 0 Å². The monoisotopic (exact) mass is 314 g/mol. The summed E-state index contributed by atoms with van der Waals surface area (Å²) < 4.78 is 34.7. The number of hydrogen-bond acceptors (Lipinski definition) is 5. The zero-order chi connectivity index (χ0) is 15.3. The first-order valence-electron chi connectivity index (χ1n) is 7.12. The summed E-state index contributed by atoms with van der Waals surface area (Å²) in [5, 5.41) is 0. The second-order valence-corrected chi connectivity index (χ2v) is 6.49. The first kappa shape index (κ1) is 16.0. The zero-order valence-electron chi connectivity index (χ0n) is 11.9. The van der Waals surface area contributed by atoms with E-state index in [9.17, 15) is 8.42 Å². The van der Waals surface area contributed by atoms with Crippen LogP contribution in [0.15, 0.2) is 28.4 Å². The molecule has 0 saturated carbocycles. The van der Waals surface area contributed by atoms with E-state index >= 15 is 0 Å². The molecule has 2 aliphatic rings. The molecule has 2 rings (SSSR count). The van der Waals surface area contributed by atoms with E-state index in [1.165, 1.54) is 0 Å².